The summed E-state index contributed by atoms with van der Waals surface area (Å²) in [6.07, 6.45) is -2.49. The molecule has 1 atom stereocenters. The number of halogens is 2. The zero-order valence-electron chi connectivity index (χ0n) is 18.0. The van der Waals surface area contributed by atoms with Crippen LogP contribution in [-0.4, -0.2) is 40.8 Å². The van der Waals surface area contributed by atoms with E-state index in [-0.39, 0.29) is 42.7 Å². The molecule has 2 aliphatic rings. The van der Waals surface area contributed by atoms with Crippen molar-refractivity contribution in [3.8, 4) is 28.3 Å². The molecule has 5 rings (SSSR count). The number of amides is 3. The molecule has 0 saturated carbocycles. The molecular weight excluding hydrogens is 448 g/mol. The van der Waals surface area contributed by atoms with Gasteiger partial charge in [-0.05, 0) is 48.4 Å². The van der Waals surface area contributed by atoms with Gasteiger partial charge in [0.2, 0.25) is 11.8 Å². The Morgan fingerprint density at radius 2 is 1.85 bits per heavy atom. The topological polar surface area (TPSA) is 102 Å². The second kappa shape index (κ2) is 8.36. The summed E-state index contributed by atoms with van der Waals surface area (Å²) in [6.45, 7) is 0.158. The van der Waals surface area contributed by atoms with Gasteiger partial charge in [-0.2, -0.15) is 8.78 Å². The molecule has 1 unspecified atom stereocenters. The fourth-order valence-electron chi connectivity index (χ4n) is 4.29. The summed E-state index contributed by atoms with van der Waals surface area (Å²) in [5.41, 5.74) is 2.30. The quantitative estimate of drug-likeness (QED) is 0.574. The fourth-order valence-corrected chi connectivity index (χ4v) is 4.29. The van der Waals surface area contributed by atoms with Crippen molar-refractivity contribution < 1.29 is 32.3 Å². The lowest BCUT2D eigenvalue weighted by Crippen LogP contribution is -2.52. The number of fused-ring (bicyclic) bond motifs is 1. The Labute approximate surface area is 192 Å². The highest BCUT2D eigenvalue weighted by Gasteiger charge is 2.39. The van der Waals surface area contributed by atoms with Crippen molar-refractivity contribution in [3.05, 3.63) is 59.5 Å². The van der Waals surface area contributed by atoms with Gasteiger partial charge in [-0.1, -0.05) is 6.07 Å². The largest absolute Gasteiger partial charge is 0.497 e. The van der Waals surface area contributed by atoms with E-state index in [1.54, 1.807) is 42.5 Å². The molecule has 10 heteroatoms. The van der Waals surface area contributed by atoms with Crippen LogP contribution < -0.4 is 10.1 Å². The number of ether oxygens (including phenoxy) is 1. The predicted molar refractivity (Wildman–Crippen MR) is 115 cm³/mol. The summed E-state index contributed by atoms with van der Waals surface area (Å²) in [6, 6.07) is 10.9. The molecule has 1 fully saturated rings. The van der Waals surface area contributed by atoms with Crippen molar-refractivity contribution in [2.24, 2.45) is 0 Å². The molecule has 174 valence electrons. The predicted octanol–water partition coefficient (Wildman–Crippen LogP) is 3.72. The molecule has 0 aliphatic carbocycles. The normalized spacial score (nSPS) is 17.8. The highest BCUT2D eigenvalue weighted by atomic mass is 19.3. The van der Waals surface area contributed by atoms with Crippen LogP contribution in [-0.2, 0) is 16.1 Å². The van der Waals surface area contributed by atoms with Crippen molar-refractivity contribution in [1.82, 2.24) is 15.2 Å². The standard InChI is InChI=1S/C24H19F2N3O5/c1-33-15-5-2-12(3-6-15)20-19(28-23(34-20)21(25)26)13-4-7-16-14(10-13)11-29(24(16)32)17-8-9-18(30)27-22(17)31/h2-7,10,17,21H,8-9,11H2,1H3,(H,27,30,31). The third-order valence-electron chi connectivity index (χ3n) is 5.98. The molecule has 3 aromatic rings. The molecule has 1 N–H and O–H groups in total. The molecular formula is C24H19F2N3O5. The van der Waals surface area contributed by atoms with Gasteiger partial charge in [-0.15, -0.1) is 0 Å². The maximum absolute atomic E-state index is 13.4. The number of methoxy groups -OCH3 is 1. The first-order valence-corrected chi connectivity index (χ1v) is 10.6. The van der Waals surface area contributed by atoms with Crippen molar-refractivity contribution in [3.63, 3.8) is 0 Å². The minimum atomic E-state index is -2.90. The van der Waals surface area contributed by atoms with E-state index >= 15 is 0 Å². The summed E-state index contributed by atoms with van der Waals surface area (Å²) >= 11 is 0. The zero-order valence-corrected chi connectivity index (χ0v) is 18.0. The van der Waals surface area contributed by atoms with Crippen LogP contribution in [0.5, 0.6) is 5.75 Å². The Kier molecular flexibility index (Phi) is 5.35. The average Bonchev–Trinajstić information content (AvgIpc) is 3.41. The summed E-state index contributed by atoms with van der Waals surface area (Å²) < 4.78 is 37.4. The number of nitrogens with zero attached hydrogens (tertiary/aromatic N) is 2. The van der Waals surface area contributed by atoms with Gasteiger partial charge < -0.3 is 14.1 Å². The van der Waals surface area contributed by atoms with E-state index in [1.807, 2.05) is 0 Å². The number of imide groups is 1. The molecule has 0 spiro atoms. The van der Waals surface area contributed by atoms with E-state index in [0.717, 1.165) is 0 Å². The first-order chi connectivity index (χ1) is 16.4. The number of rotatable bonds is 5. The molecule has 2 aliphatic heterocycles. The van der Waals surface area contributed by atoms with Gasteiger partial charge in [0, 0.05) is 29.7 Å². The first-order valence-electron chi connectivity index (χ1n) is 10.6. The molecule has 3 amide bonds. The number of benzene rings is 2. The van der Waals surface area contributed by atoms with Crippen LogP contribution in [0.2, 0.25) is 0 Å². The van der Waals surface area contributed by atoms with Crippen LogP contribution in [0.25, 0.3) is 22.6 Å². The number of hydrogen-bond acceptors (Lipinski definition) is 6. The Hall–Kier alpha value is -4.08. The maximum Gasteiger partial charge on any atom is 0.313 e. The lowest BCUT2D eigenvalue weighted by Gasteiger charge is -2.29. The van der Waals surface area contributed by atoms with E-state index < -0.39 is 24.3 Å². The summed E-state index contributed by atoms with van der Waals surface area (Å²) in [7, 11) is 1.52. The first kappa shape index (κ1) is 21.7. The van der Waals surface area contributed by atoms with Crippen LogP contribution in [0.4, 0.5) is 8.78 Å². The second-order valence-corrected chi connectivity index (χ2v) is 8.03. The fraction of sp³-hybridized carbons (Fsp3) is 0.250. The van der Waals surface area contributed by atoms with Crippen LogP contribution >= 0.6 is 0 Å². The third-order valence-corrected chi connectivity index (χ3v) is 5.98. The summed E-state index contributed by atoms with van der Waals surface area (Å²) in [4.78, 5) is 42.1. The van der Waals surface area contributed by atoms with Gasteiger partial charge in [-0.25, -0.2) is 4.98 Å². The van der Waals surface area contributed by atoms with Gasteiger partial charge in [0.05, 0.1) is 7.11 Å². The smallest absolute Gasteiger partial charge is 0.313 e. The van der Waals surface area contributed by atoms with Crippen LogP contribution in [0.1, 0.15) is 41.1 Å². The lowest BCUT2D eigenvalue weighted by molar-refractivity contribution is -0.136. The van der Waals surface area contributed by atoms with Gasteiger partial charge in [-0.3, -0.25) is 19.7 Å². The molecule has 2 aromatic carbocycles. The summed E-state index contributed by atoms with van der Waals surface area (Å²) in [5, 5.41) is 2.26. The monoisotopic (exact) mass is 467 g/mol. The van der Waals surface area contributed by atoms with E-state index in [1.165, 1.54) is 12.0 Å². The number of carbonyl (C=O) groups excluding carboxylic acids is 3. The van der Waals surface area contributed by atoms with Crippen molar-refractivity contribution in [2.45, 2.75) is 31.9 Å². The van der Waals surface area contributed by atoms with E-state index in [0.29, 0.717) is 28.0 Å². The molecule has 3 heterocycles. The van der Waals surface area contributed by atoms with E-state index in [2.05, 4.69) is 10.3 Å². The van der Waals surface area contributed by atoms with E-state index in [4.69, 9.17) is 9.15 Å². The number of hydrogen-bond donors (Lipinski definition) is 1. The number of oxazole rings is 1. The van der Waals surface area contributed by atoms with Gasteiger partial charge in [0.1, 0.15) is 17.5 Å². The van der Waals surface area contributed by atoms with Crippen LogP contribution in [0.15, 0.2) is 46.9 Å². The van der Waals surface area contributed by atoms with Gasteiger partial charge >= 0.3 is 6.43 Å². The van der Waals surface area contributed by atoms with Gasteiger partial charge in [0.25, 0.3) is 11.8 Å². The number of alkyl halides is 2. The Morgan fingerprint density at radius 3 is 2.53 bits per heavy atom. The third kappa shape index (κ3) is 3.70. The molecule has 34 heavy (non-hydrogen) atoms. The second-order valence-electron chi connectivity index (χ2n) is 8.03. The van der Waals surface area contributed by atoms with Gasteiger partial charge in [0.15, 0.2) is 5.76 Å². The Bertz CT molecular complexity index is 1300. The Balaban J connectivity index is 1.50. The Morgan fingerprint density at radius 1 is 1.12 bits per heavy atom. The molecule has 0 bridgehead atoms. The van der Waals surface area contributed by atoms with Crippen molar-refractivity contribution in [2.75, 3.05) is 7.11 Å². The van der Waals surface area contributed by atoms with Crippen LogP contribution in [0.3, 0.4) is 0 Å². The molecule has 0 radical (unpaired) electrons. The summed E-state index contributed by atoms with van der Waals surface area (Å²) in [5.74, 6) is -1.12. The molecule has 1 saturated heterocycles. The SMILES string of the molecule is COc1ccc(-c2oc(C(F)F)nc2-c2ccc3c(c2)CN(C2CCC(=O)NC2=O)C3=O)cc1. The average molecular weight is 467 g/mol. The lowest BCUT2D eigenvalue weighted by atomic mass is 10.0. The van der Waals surface area contributed by atoms with E-state index in [9.17, 15) is 23.2 Å². The van der Waals surface area contributed by atoms with Crippen molar-refractivity contribution in [1.29, 1.82) is 0 Å². The van der Waals surface area contributed by atoms with Crippen LogP contribution in [0, 0.1) is 0 Å². The number of piperidine rings is 1. The number of nitrogens with one attached hydrogen (secondary N) is 1. The molecule has 1 aromatic heterocycles. The molecule has 8 nitrogen and oxygen atoms in total. The number of carbonyl (C=O) groups is 3. The minimum absolute atomic E-state index is 0.155. The maximum atomic E-state index is 13.4. The minimum Gasteiger partial charge on any atom is -0.497 e. The highest BCUT2D eigenvalue weighted by molar-refractivity contribution is 6.05. The zero-order chi connectivity index (χ0) is 24.0. The van der Waals surface area contributed by atoms with Crippen molar-refractivity contribution >= 4 is 17.7 Å². The highest BCUT2D eigenvalue weighted by Crippen LogP contribution is 2.38. The number of aromatic nitrogens is 1.